The Morgan fingerprint density at radius 1 is 1.48 bits per heavy atom. The summed E-state index contributed by atoms with van der Waals surface area (Å²) in [4.78, 5) is 16.7. The Morgan fingerprint density at radius 3 is 3.00 bits per heavy atom. The number of nitrogen functional groups attached to an aromatic ring is 1. The number of amides is 1. The molecule has 1 aliphatic rings. The summed E-state index contributed by atoms with van der Waals surface area (Å²) in [6.45, 7) is 2.25. The van der Waals surface area contributed by atoms with Crippen molar-refractivity contribution >= 4 is 33.1 Å². The fourth-order valence-electron chi connectivity index (χ4n) is 2.96. The van der Waals surface area contributed by atoms with Crippen molar-refractivity contribution < 1.29 is 9.53 Å². The zero-order valence-corrected chi connectivity index (χ0v) is 12.8. The first-order valence-corrected chi connectivity index (χ1v) is 8.01. The van der Waals surface area contributed by atoms with Crippen molar-refractivity contribution in [3.8, 4) is 5.75 Å². The minimum atomic E-state index is -0.521. The lowest BCUT2D eigenvalue weighted by Gasteiger charge is -2.27. The molecule has 0 aromatic carbocycles. The number of thiophene rings is 1. The van der Waals surface area contributed by atoms with Gasteiger partial charge in [0.2, 0.25) is 0 Å². The smallest absolute Gasteiger partial charge is 0.260 e. The van der Waals surface area contributed by atoms with E-state index in [9.17, 15) is 4.79 Å². The Bertz CT molecular complexity index is 683. The lowest BCUT2D eigenvalue weighted by atomic mass is 9.89. The molecule has 2 atom stereocenters. The van der Waals surface area contributed by atoms with Crippen LogP contribution in [-0.4, -0.2) is 17.0 Å². The molecule has 1 aliphatic carbocycles. The van der Waals surface area contributed by atoms with E-state index in [2.05, 4.69) is 11.9 Å². The predicted octanol–water partition coefficient (Wildman–Crippen LogP) is 2.93. The highest BCUT2D eigenvalue weighted by molar-refractivity contribution is 7.21. The number of hydrogen-bond acceptors (Lipinski definition) is 5. The summed E-state index contributed by atoms with van der Waals surface area (Å²) in [5, 5.41) is 0.717. The molecule has 0 saturated heterocycles. The number of carbonyl (C=O) groups is 1. The van der Waals surface area contributed by atoms with E-state index in [1.54, 1.807) is 6.20 Å². The van der Waals surface area contributed by atoms with E-state index >= 15 is 0 Å². The second-order valence-electron chi connectivity index (χ2n) is 5.71. The van der Waals surface area contributed by atoms with E-state index in [1.165, 1.54) is 24.2 Å². The molecule has 2 aromatic heterocycles. The van der Waals surface area contributed by atoms with Crippen LogP contribution >= 0.6 is 11.3 Å². The van der Waals surface area contributed by atoms with Gasteiger partial charge in [0, 0.05) is 6.20 Å². The molecule has 0 spiro atoms. The Morgan fingerprint density at radius 2 is 2.29 bits per heavy atom. The number of nitrogens with zero attached hydrogens (tertiary/aromatic N) is 1. The molecular formula is C15H19N3O2S. The normalized spacial score (nSPS) is 22.3. The van der Waals surface area contributed by atoms with Crippen LogP contribution in [0.5, 0.6) is 5.75 Å². The molecule has 1 fully saturated rings. The summed E-state index contributed by atoms with van der Waals surface area (Å²) < 4.78 is 6.15. The molecule has 5 nitrogen and oxygen atoms in total. The Balaban J connectivity index is 1.96. The molecule has 6 heteroatoms. The highest BCUT2D eigenvalue weighted by atomic mass is 32.1. The summed E-state index contributed by atoms with van der Waals surface area (Å²) >= 11 is 1.22. The van der Waals surface area contributed by atoms with Crippen LogP contribution in [0.15, 0.2) is 12.3 Å². The minimum Gasteiger partial charge on any atom is -0.490 e. The number of fused-ring (bicyclic) bond motifs is 1. The number of ether oxygens (including phenoxy) is 1. The van der Waals surface area contributed by atoms with Crippen LogP contribution in [0.25, 0.3) is 10.2 Å². The maximum atomic E-state index is 11.4. The van der Waals surface area contributed by atoms with Crippen molar-refractivity contribution in [2.75, 3.05) is 5.73 Å². The fraction of sp³-hybridized carbons (Fsp3) is 0.467. The zero-order valence-electron chi connectivity index (χ0n) is 12.0. The largest absolute Gasteiger partial charge is 0.490 e. The highest BCUT2D eigenvalue weighted by Gasteiger charge is 2.23. The highest BCUT2D eigenvalue weighted by Crippen LogP contribution is 2.39. The van der Waals surface area contributed by atoms with Crippen LogP contribution in [-0.2, 0) is 0 Å². The van der Waals surface area contributed by atoms with Crippen molar-refractivity contribution in [2.45, 2.75) is 38.7 Å². The van der Waals surface area contributed by atoms with Gasteiger partial charge in [0.1, 0.15) is 15.5 Å². The van der Waals surface area contributed by atoms with Gasteiger partial charge in [-0.2, -0.15) is 0 Å². The molecule has 2 heterocycles. The second kappa shape index (κ2) is 5.52. The molecule has 2 aromatic rings. The van der Waals surface area contributed by atoms with Gasteiger partial charge in [-0.05, 0) is 31.2 Å². The maximum Gasteiger partial charge on any atom is 0.260 e. The number of anilines is 1. The third-order valence-corrected chi connectivity index (χ3v) is 5.12. The number of primary amides is 1. The van der Waals surface area contributed by atoms with Crippen molar-refractivity contribution in [3.63, 3.8) is 0 Å². The van der Waals surface area contributed by atoms with E-state index in [4.69, 9.17) is 16.2 Å². The van der Waals surface area contributed by atoms with E-state index < -0.39 is 5.91 Å². The number of rotatable bonds is 3. The third-order valence-electron chi connectivity index (χ3n) is 4.00. The number of pyridine rings is 1. The van der Waals surface area contributed by atoms with Crippen molar-refractivity contribution in [3.05, 3.63) is 17.1 Å². The van der Waals surface area contributed by atoms with E-state index in [1.807, 2.05) is 6.07 Å². The van der Waals surface area contributed by atoms with Gasteiger partial charge < -0.3 is 16.2 Å². The standard InChI is InChI=1S/C15H19N3O2S/c1-8-3-2-4-9(7-8)20-10-5-6-18-15-11(10)12(16)13(21-15)14(17)19/h5-6,8-9H,2-4,7,16H2,1H3,(H2,17,19)/t8-,9+/m1/s1. The topological polar surface area (TPSA) is 91.2 Å². The van der Waals surface area contributed by atoms with Gasteiger partial charge in [0.05, 0.1) is 17.2 Å². The van der Waals surface area contributed by atoms with E-state index in [-0.39, 0.29) is 6.10 Å². The lowest BCUT2D eigenvalue weighted by molar-refractivity contribution is 0.100. The Labute approximate surface area is 127 Å². The molecule has 0 bridgehead atoms. The van der Waals surface area contributed by atoms with Crippen molar-refractivity contribution in [2.24, 2.45) is 11.7 Å². The van der Waals surface area contributed by atoms with Gasteiger partial charge in [-0.3, -0.25) is 4.79 Å². The summed E-state index contributed by atoms with van der Waals surface area (Å²) in [5.74, 6) is 0.871. The quantitative estimate of drug-likeness (QED) is 0.912. The molecule has 1 saturated carbocycles. The molecule has 0 unspecified atom stereocenters. The van der Waals surface area contributed by atoms with Crippen LogP contribution < -0.4 is 16.2 Å². The zero-order chi connectivity index (χ0) is 15.0. The van der Waals surface area contributed by atoms with Crippen LogP contribution in [0, 0.1) is 5.92 Å². The lowest BCUT2D eigenvalue weighted by Crippen LogP contribution is -2.24. The third kappa shape index (κ3) is 2.68. The van der Waals surface area contributed by atoms with Gasteiger partial charge in [-0.1, -0.05) is 13.3 Å². The number of nitrogens with two attached hydrogens (primary N) is 2. The number of aromatic nitrogens is 1. The SMILES string of the molecule is C[C@@H]1CCC[C@H](Oc2ccnc3sc(C(N)=O)c(N)c23)C1. The molecule has 0 aliphatic heterocycles. The summed E-state index contributed by atoms with van der Waals surface area (Å²) in [7, 11) is 0. The summed E-state index contributed by atoms with van der Waals surface area (Å²) in [6, 6.07) is 1.81. The molecule has 1 amide bonds. The fourth-order valence-corrected chi connectivity index (χ4v) is 3.89. The molecule has 112 valence electrons. The van der Waals surface area contributed by atoms with Crippen LogP contribution in [0.2, 0.25) is 0 Å². The first-order valence-electron chi connectivity index (χ1n) is 7.19. The number of hydrogen-bond donors (Lipinski definition) is 2. The van der Waals surface area contributed by atoms with Gasteiger partial charge >= 0.3 is 0 Å². The summed E-state index contributed by atoms with van der Waals surface area (Å²) in [6.07, 6.45) is 6.45. The van der Waals surface area contributed by atoms with Gasteiger partial charge in [-0.25, -0.2) is 4.98 Å². The molecule has 0 radical (unpaired) electrons. The average Bonchev–Trinajstić information content (AvgIpc) is 2.77. The van der Waals surface area contributed by atoms with E-state index in [0.717, 1.165) is 18.2 Å². The number of carbonyl (C=O) groups excluding carboxylic acids is 1. The van der Waals surface area contributed by atoms with Gasteiger partial charge in [-0.15, -0.1) is 11.3 Å². The minimum absolute atomic E-state index is 0.204. The first-order chi connectivity index (χ1) is 10.1. The Kier molecular flexibility index (Phi) is 3.71. The van der Waals surface area contributed by atoms with Crippen molar-refractivity contribution in [1.82, 2.24) is 4.98 Å². The molecule has 21 heavy (non-hydrogen) atoms. The molecule has 3 rings (SSSR count). The first kappa shape index (κ1) is 14.1. The van der Waals surface area contributed by atoms with Crippen LogP contribution in [0.1, 0.15) is 42.3 Å². The average molecular weight is 305 g/mol. The summed E-state index contributed by atoms with van der Waals surface area (Å²) in [5.41, 5.74) is 11.8. The monoisotopic (exact) mass is 305 g/mol. The Hall–Kier alpha value is -1.82. The van der Waals surface area contributed by atoms with E-state index in [0.29, 0.717) is 27.1 Å². The van der Waals surface area contributed by atoms with Crippen LogP contribution in [0.4, 0.5) is 5.69 Å². The van der Waals surface area contributed by atoms with Gasteiger partial charge in [0.25, 0.3) is 5.91 Å². The molecular weight excluding hydrogens is 286 g/mol. The van der Waals surface area contributed by atoms with Gasteiger partial charge in [0.15, 0.2) is 0 Å². The van der Waals surface area contributed by atoms with Crippen LogP contribution in [0.3, 0.4) is 0 Å². The molecule has 4 N–H and O–H groups in total. The maximum absolute atomic E-state index is 11.4. The predicted molar refractivity (Wildman–Crippen MR) is 84.6 cm³/mol. The second-order valence-corrected chi connectivity index (χ2v) is 6.71. The van der Waals surface area contributed by atoms with Crippen molar-refractivity contribution in [1.29, 1.82) is 0 Å².